The Bertz CT molecular complexity index is 105. The first-order valence-corrected chi connectivity index (χ1v) is 2.93. The standard InChI is InChI=1S/2CO.CH2Si.Fe/c3*1-2;/h;;1H2;/q;;-1;. The largest absolute Gasteiger partial charge is 0.354 e. The first kappa shape index (κ1) is 10.0. The van der Waals surface area contributed by atoms with Gasteiger partial charge in [-0.25, -0.2) is 10.2 Å². The van der Waals surface area contributed by atoms with Gasteiger partial charge in [-0.15, -0.1) is 0 Å². The van der Waals surface area contributed by atoms with Gasteiger partial charge in [0.2, 0.25) is 0 Å². The van der Waals surface area contributed by atoms with Gasteiger partial charge in [-0.1, -0.05) is 0 Å². The van der Waals surface area contributed by atoms with Crippen LogP contribution in [-0.2, 0) is 23.7 Å². The molecule has 0 atom stereocenters. The average molecular weight is 154 g/mol. The second-order valence-electron chi connectivity index (χ2n) is 0.233. The van der Waals surface area contributed by atoms with Gasteiger partial charge >= 0.3 is 33.2 Å². The third-order valence-corrected chi connectivity index (χ3v) is 0.298. The van der Waals surface area contributed by atoms with Crippen molar-refractivity contribution in [2.45, 2.75) is 0 Å². The summed E-state index contributed by atoms with van der Waals surface area (Å²) in [5, 5.41) is 0. The first-order chi connectivity index (χ1) is 3.41. The summed E-state index contributed by atoms with van der Waals surface area (Å²) < 4.78 is 0. The molecule has 0 fully saturated rings. The van der Waals surface area contributed by atoms with Gasteiger partial charge in [-0.05, 0) is 0 Å². The molecule has 3 radical (unpaired) electrons. The van der Waals surface area contributed by atoms with Crippen LogP contribution in [0.3, 0.4) is 0 Å². The Morgan fingerprint density at radius 1 is 1.29 bits per heavy atom. The van der Waals surface area contributed by atoms with E-state index in [0.29, 0.717) is 0 Å². The van der Waals surface area contributed by atoms with E-state index in [4.69, 9.17) is 9.59 Å². The molecule has 0 aliphatic carbocycles. The molecule has 0 heterocycles. The molecule has 2 nitrogen and oxygen atoms in total. The molecule has 0 bridgehead atoms. The predicted octanol–water partition coefficient (Wildman–Crippen LogP) is -0.850. The van der Waals surface area contributed by atoms with E-state index < -0.39 is 0 Å². The van der Waals surface area contributed by atoms with Gasteiger partial charge in [0.1, 0.15) is 0 Å². The van der Waals surface area contributed by atoms with Gasteiger partial charge in [0.25, 0.3) is 0 Å². The Morgan fingerprint density at radius 3 is 1.57 bits per heavy atom. The summed E-state index contributed by atoms with van der Waals surface area (Å²) in [7, 11) is 2.72. The van der Waals surface area contributed by atoms with E-state index in [1.165, 1.54) is 9.57 Å². The summed E-state index contributed by atoms with van der Waals surface area (Å²) in [5.74, 6) is 0. The molecule has 0 aliphatic heterocycles. The zero-order valence-electron chi connectivity index (χ0n) is 3.38. The molecule has 0 aliphatic rings. The average Bonchev–Trinajstić information content (AvgIpc) is 1.75. The summed E-state index contributed by atoms with van der Waals surface area (Å²) in [5.41, 5.74) is 0. The Balaban J connectivity index is 0. The van der Waals surface area contributed by atoms with Gasteiger partial charge in [-0.3, -0.25) is 0 Å². The quantitative estimate of drug-likeness (QED) is 0.336. The van der Waals surface area contributed by atoms with Crippen LogP contribution in [0.25, 0.3) is 0 Å². The third-order valence-electron chi connectivity index (χ3n) is 0.0722. The van der Waals surface area contributed by atoms with E-state index in [9.17, 15) is 0 Å². The van der Waals surface area contributed by atoms with E-state index >= 15 is 0 Å². The summed E-state index contributed by atoms with van der Waals surface area (Å²) >= 11 is -0.222. The van der Waals surface area contributed by atoms with Crippen molar-refractivity contribution in [1.82, 2.24) is 0 Å². The number of carbonyl (C=O) groups excluding carboxylic acids is 2. The molecule has 0 aromatic rings. The van der Waals surface area contributed by atoms with E-state index in [-0.39, 0.29) is 14.1 Å². The second kappa shape index (κ2) is 16.9. The van der Waals surface area contributed by atoms with Gasteiger partial charge in [0.15, 0.2) is 0 Å². The molecule has 0 N–H and O–H groups in total. The van der Waals surface area contributed by atoms with Crippen LogP contribution in [0, 0.1) is 6.55 Å². The minimum absolute atomic E-state index is 0.222. The van der Waals surface area contributed by atoms with E-state index in [1.54, 1.807) is 0 Å². The Morgan fingerprint density at radius 2 is 1.57 bits per heavy atom. The third kappa shape index (κ3) is 24.9. The predicted molar refractivity (Wildman–Crippen MR) is 22.5 cm³/mol. The van der Waals surface area contributed by atoms with E-state index in [0.717, 1.165) is 0 Å². The molecule has 0 saturated heterocycles. The summed E-state index contributed by atoms with van der Waals surface area (Å²) in [4.78, 5) is 20.7. The maximum Gasteiger partial charge on any atom is -0.219 e. The van der Waals surface area contributed by atoms with Crippen molar-refractivity contribution in [3.63, 3.8) is 0 Å². The van der Waals surface area contributed by atoms with Crippen LogP contribution >= 0.6 is 0 Å². The van der Waals surface area contributed by atoms with Crippen LogP contribution in [0.15, 0.2) is 0 Å². The maximum absolute atomic E-state index is 9.02. The van der Waals surface area contributed by atoms with Crippen LogP contribution in [0.1, 0.15) is 0 Å². The maximum atomic E-state index is 9.02. The van der Waals surface area contributed by atoms with E-state index in [1.807, 2.05) is 0 Å². The van der Waals surface area contributed by atoms with Crippen LogP contribution in [0.4, 0.5) is 0 Å². The van der Waals surface area contributed by atoms with Gasteiger partial charge < -0.3 is 6.55 Å². The normalized spacial score (nSPS) is 4.29. The topological polar surface area (TPSA) is 34.1 Å². The zero-order chi connectivity index (χ0) is 6.12. The molecule has 0 aromatic carbocycles. The first-order valence-electron chi connectivity index (χ1n) is 1.12. The fraction of sp³-hybridized carbons (Fsp3) is 0. The molecule has 0 spiro atoms. The molecule has 39 valence electrons. The SMILES string of the molecule is O=[C]=[Fe]=[C]=O.[CH2-][Si]. The number of hydrogen-bond acceptors (Lipinski definition) is 2. The van der Waals surface area contributed by atoms with Crippen molar-refractivity contribution < 1.29 is 23.7 Å². The Hall–Kier alpha value is -0.104. The molecule has 0 amide bonds. The summed E-state index contributed by atoms with van der Waals surface area (Å²) in [6.45, 7) is 3.06. The van der Waals surface area contributed by atoms with Gasteiger partial charge in [0, 0.05) is 0 Å². The monoisotopic (exact) mass is 154 g/mol. The van der Waals surface area contributed by atoms with Crippen molar-refractivity contribution in [2.24, 2.45) is 0 Å². The van der Waals surface area contributed by atoms with Crippen LogP contribution in [0.2, 0.25) is 0 Å². The minimum Gasteiger partial charge on any atom is -0.354 e. The zero-order valence-corrected chi connectivity index (χ0v) is 5.48. The van der Waals surface area contributed by atoms with Crippen LogP contribution < -0.4 is 0 Å². The van der Waals surface area contributed by atoms with Crippen molar-refractivity contribution in [2.75, 3.05) is 0 Å². The molecule has 4 heteroatoms. The number of hydrogen-bond donors (Lipinski definition) is 0. The molecule has 0 rings (SSSR count). The van der Waals surface area contributed by atoms with Crippen LogP contribution in [-0.4, -0.2) is 19.8 Å². The van der Waals surface area contributed by atoms with Crippen molar-refractivity contribution in [3.05, 3.63) is 6.55 Å². The molecule has 0 saturated carbocycles. The number of rotatable bonds is 0. The molecular formula is C3H2FeO2Si-. The van der Waals surface area contributed by atoms with Gasteiger partial charge in [0.05, 0.1) is 0 Å². The van der Waals surface area contributed by atoms with E-state index in [2.05, 4.69) is 16.8 Å². The molecule has 7 heavy (non-hydrogen) atoms. The van der Waals surface area contributed by atoms with Crippen molar-refractivity contribution in [1.29, 1.82) is 0 Å². The summed E-state index contributed by atoms with van der Waals surface area (Å²) in [6, 6.07) is 0. The fourth-order valence-electron chi connectivity index (χ4n) is 0.0147. The molecule has 0 aromatic heterocycles. The molecular weight excluding hydrogens is 152 g/mol. The fourth-order valence-corrected chi connectivity index (χ4v) is 0.0607. The molecule has 0 unspecified atom stereocenters. The Kier molecular flexibility index (Phi) is 24.1. The second-order valence-corrected chi connectivity index (χ2v) is 0.960. The van der Waals surface area contributed by atoms with Gasteiger partial charge in [-0.2, -0.15) is 0 Å². The minimum atomic E-state index is -0.222. The smallest absolute Gasteiger partial charge is 0.219 e. The van der Waals surface area contributed by atoms with Crippen molar-refractivity contribution >= 4 is 19.8 Å². The summed E-state index contributed by atoms with van der Waals surface area (Å²) in [6.07, 6.45) is 0. The van der Waals surface area contributed by atoms with Crippen molar-refractivity contribution in [3.8, 4) is 0 Å². The Labute approximate surface area is 50.6 Å². The van der Waals surface area contributed by atoms with Crippen LogP contribution in [0.5, 0.6) is 0 Å².